The van der Waals surface area contributed by atoms with E-state index >= 15 is 0 Å². The fourth-order valence-electron chi connectivity index (χ4n) is 1.60. The SMILES string of the molecule is Cc1nn(C)c(C)c1/C=N/NC(=O)c1ccco1. The quantitative estimate of drug-likeness (QED) is 0.657. The first kappa shape index (κ1) is 12.1. The minimum absolute atomic E-state index is 0.229. The second-order valence-electron chi connectivity index (χ2n) is 3.88. The minimum Gasteiger partial charge on any atom is -0.459 e. The number of rotatable bonds is 3. The van der Waals surface area contributed by atoms with Crippen LogP contribution in [0.2, 0.25) is 0 Å². The van der Waals surface area contributed by atoms with Gasteiger partial charge in [-0.1, -0.05) is 0 Å². The number of hydrogen-bond donors (Lipinski definition) is 1. The van der Waals surface area contributed by atoms with Gasteiger partial charge in [-0.05, 0) is 26.0 Å². The molecule has 0 bridgehead atoms. The van der Waals surface area contributed by atoms with Crippen molar-refractivity contribution in [2.45, 2.75) is 13.8 Å². The number of hydrazone groups is 1. The molecule has 0 radical (unpaired) electrons. The molecular weight excluding hydrogens is 232 g/mol. The minimum atomic E-state index is -0.379. The summed E-state index contributed by atoms with van der Waals surface area (Å²) in [6.07, 6.45) is 3.02. The number of nitrogens with one attached hydrogen (secondary N) is 1. The van der Waals surface area contributed by atoms with E-state index in [0.717, 1.165) is 17.0 Å². The lowest BCUT2D eigenvalue weighted by Crippen LogP contribution is -2.16. The Morgan fingerprint density at radius 2 is 2.33 bits per heavy atom. The highest BCUT2D eigenvalue weighted by molar-refractivity contribution is 5.92. The van der Waals surface area contributed by atoms with Gasteiger partial charge in [0.05, 0.1) is 18.2 Å². The molecule has 0 aromatic carbocycles. The number of aromatic nitrogens is 2. The Morgan fingerprint density at radius 3 is 2.89 bits per heavy atom. The Morgan fingerprint density at radius 1 is 1.56 bits per heavy atom. The third-order valence-electron chi connectivity index (χ3n) is 2.67. The van der Waals surface area contributed by atoms with Gasteiger partial charge in [0, 0.05) is 18.3 Å². The molecule has 0 spiro atoms. The van der Waals surface area contributed by atoms with E-state index in [1.165, 1.54) is 6.26 Å². The number of nitrogens with zero attached hydrogens (tertiary/aromatic N) is 3. The molecule has 0 aliphatic rings. The second-order valence-corrected chi connectivity index (χ2v) is 3.88. The van der Waals surface area contributed by atoms with Crippen molar-refractivity contribution in [2.24, 2.45) is 12.1 Å². The molecule has 2 heterocycles. The standard InChI is InChI=1S/C12H14N4O2/c1-8-10(9(2)16(3)15-8)7-13-14-12(17)11-5-4-6-18-11/h4-7H,1-3H3,(H,14,17)/b13-7+. The van der Waals surface area contributed by atoms with E-state index in [-0.39, 0.29) is 11.7 Å². The largest absolute Gasteiger partial charge is 0.459 e. The second kappa shape index (κ2) is 4.87. The lowest BCUT2D eigenvalue weighted by Gasteiger charge is -1.96. The molecule has 0 aliphatic heterocycles. The lowest BCUT2D eigenvalue weighted by atomic mass is 10.2. The Hall–Kier alpha value is -2.37. The van der Waals surface area contributed by atoms with Crippen LogP contribution >= 0.6 is 0 Å². The van der Waals surface area contributed by atoms with Crippen molar-refractivity contribution in [1.82, 2.24) is 15.2 Å². The predicted molar refractivity (Wildman–Crippen MR) is 66.5 cm³/mol. The Bertz CT molecular complexity index is 581. The number of hydrogen-bond acceptors (Lipinski definition) is 4. The molecular formula is C12H14N4O2. The predicted octanol–water partition coefficient (Wildman–Crippen LogP) is 1.39. The van der Waals surface area contributed by atoms with Gasteiger partial charge in [-0.2, -0.15) is 10.2 Å². The van der Waals surface area contributed by atoms with E-state index in [9.17, 15) is 4.79 Å². The summed E-state index contributed by atoms with van der Waals surface area (Å²) in [7, 11) is 1.86. The molecule has 0 fully saturated rings. The van der Waals surface area contributed by atoms with Gasteiger partial charge in [-0.25, -0.2) is 5.43 Å². The average molecular weight is 246 g/mol. The van der Waals surface area contributed by atoms with Crippen molar-refractivity contribution in [1.29, 1.82) is 0 Å². The Labute approximate surface area is 104 Å². The highest BCUT2D eigenvalue weighted by Crippen LogP contribution is 2.08. The zero-order chi connectivity index (χ0) is 13.1. The normalized spacial score (nSPS) is 11.1. The number of carbonyl (C=O) groups is 1. The first-order valence-corrected chi connectivity index (χ1v) is 5.46. The zero-order valence-electron chi connectivity index (χ0n) is 10.5. The van der Waals surface area contributed by atoms with E-state index in [2.05, 4.69) is 15.6 Å². The molecule has 94 valence electrons. The van der Waals surface area contributed by atoms with Crippen LogP contribution in [0.4, 0.5) is 0 Å². The maximum Gasteiger partial charge on any atom is 0.307 e. The van der Waals surface area contributed by atoms with Crippen molar-refractivity contribution >= 4 is 12.1 Å². The smallest absolute Gasteiger partial charge is 0.307 e. The van der Waals surface area contributed by atoms with Crippen LogP contribution in [0.3, 0.4) is 0 Å². The zero-order valence-corrected chi connectivity index (χ0v) is 10.5. The van der Waals surface area contributed by atoms with Crippen LogP contribution in [0, 0.1) is 13.8 Å². The molecule has 6 heteroatoms. The molecule has 0 unspecified atom stereocenters. The summed E-state index contributed by atoms with van der Waals surface area (Å²) in [6.45, 7) is 3.83. The van der Waals surface area contributed by atoms with Gasteiger partial charge in [0.15, 0.2) is 5.76 Å². The summed E-state index contributed by atoms with van der Waals surface area (Å²) >= 11 is 0. The van der Waals surface area contributed by atoms with E-state index in [4.69, 9.17) is 4.42 Å². The van der Waals surface area contributed by atoms with E-state index in [1.807, 2.05) is 20.9 Å². The maximum absolute atomic E-state index is 11.5. The van der Waals surface area contributed by atoms with Crippen LogP contribution in [-0.4, -0.2) is 21.9 Å². The molecule has 0 saturated carbocycles. The molecule has 18 heavy (non-hydrogen) atoms. The van der Waals surface area contributed by atoms with Gasteiger partial charge < -0.3 is 4.42 Å². The molecule has 0 saturated heterocycles. The highest BCUT2D eigenvalue weighted by Gasteiger charge is 2.08. The molecule has 1 amide bonds. The van der Waals surface area contributed by atoms with Gasteiger partial charge in [0.1, 0.15) is 0 Å². The molecule has 2 aromatic rings. The Kier molecular flexibility index (Phi) is 3.27. The molecule has 2 aromatic heterocycles. The summed E-state index contributed by atoms with van der Waals surface area (Å²) in [6, 6.07) is 3.22. The lowest BCUT2D eigenvalue weighted by molar-refractivity contribution is 0.0927. The fraction of sp³-hybridized carbons (Fsp3) is 0.250. The van der Waals surface area contributed by atoms with E-state index in [1.54, 1.807) is 23.0 Å². The van der Waals surface area contributed by atoms with Gasteiger partial charge in [0.2, 0.25) is 0 Å². The summed E-state index contributed by atoms with van der Waals surface area (Å²) in [5.74, 6) is -0.151. The topological polar surface area (TPSA) is 72.4 Å². The summed E-state index contributed by atoms with van der Waals surface area (Å²) in [4.78, 5) is 11.5. The van der Waals surface area contributed by atoms with E-state index < -0.39 is 0 Å². The third kappa shape index (κ3) is 2.32. The molecule has 6 nitrogen and oxygen atoms in total. The number of carbonyl (C=O) groups excluding carboxylic acids is 1. The molecule has 1 N–H and O–H groups in total. The average Bonchev–Trinajstić information content (AvgIpc) is 2.93. The summed E-state index contributed by atoms with van der Waals surface area (Å²) in [5, 5.41) is 8.15. The van der Waals surface area contributed by atoms with Crippen LogP contribution in [0.15, 0.2) is 27.9 Å². The number of furan rings is 1. The van der Waals surface area contributed by atoms with Crippen molar-refractivity contribution in [2.75, 3.05) is 0 Å². The first-order chi connectivity index (χ1) is 8.59. The van der Waals surface area contributed by atoms with Crippen LogP contribution < -0.4 is 5.43 Å². The van der Waals surface area contributed by atoms with Crippen LogP contribution in [0.25, 0.3) is 0 Å². The van der Waals surface area contributed by atoms with Gasteiger partial charge in [-0.3, -0.25) is 9.48 Å². The molecule has 2 rings (SSSR count). The van der Waals surface area contributed by atoms with Crippen molar-refractivity contribution in [3.8, 4) is 0 Å². The maximum atomic E-state index is 11.5. The summed E-state index contributed by atoms with van der Waals surface area (Å²) < 4.78 is 6.72. The fourth-order valence-corrected chi connectivity index (χ4v) is 1.60. The van der Waals surface area contributed by atoms with Crippen molar-refractivity contribution < 1.29 is 9.21 Å². The first-order valence-electron chi connectivity index (χ1n) is 5.46. The highest BCUT2D eigenvalue weighted by atomic mass is 16.3. The van der Waals surface area contributed by atoms with Gasteiger partial charge in [0.25, 0.3) is 0 Å². The van der Waals surface area contributed by atoms with Gasteiger partial charge >= 0.3 is 5.91 Å². The van der Waals surface area contributed by atoms with Crippen molar-refractivity contribution in [3.05, 3.63) is 41.1 Å². The Balaban J connectivity index is 2.06. The molecule has 0 atom stereocenters. The molecule has 0 aliphatic carbocycles. The van der Waals surface area contributed by atoms with Crippen molar-refractivity contribution in [3.63, 3.8) is 0 Å². The number of amides is 1. The monoisotopic (exact) mass is 246 g/mol. The van der Waals surface area contributed by atoms with Crippen LogP contribution in [-0.2, 0) is 7.05 Å². The third-order valence-corrected chi connectivity index (χ3v) is 2.67. The van der Waals surface area contributed by atoms with Crippen LogP contribution in [0.1, 0.15) is 27.5 Å². The van der Waals surface area contributed by atoms with Gasteiger partial charge in [-0.15, -0.1) is 0 Å². The number of aryl methyl sites for hydroxylation is 2. The van der Waals surface area contributed by atoms with E-state index in [0.29, 0.717) is 0 Å². The van der Waals surface area contributed by atoms with Crippen LogP contribution in [0.5, 0.6) is 0 Å². The summed E-state index contributed by atoms with van der Waals surface area (Å²) in [5.41, 5.74) is 5.15.